The van der Waals surface area contributed by atoms with Crippen LogP contribution in [0.3, 0.4) is 0 Å². The third-order valence-electron chi connectivity index (χ3n) is 5.81. The Morgan fingerprint density at radius 3 is 2.50 bits per heavy atom. The molecule has 5 nitrogen and oxygen atoms in total. The summed E-state index contributed by atoms with van der Waals surface area (Å²) < 4.78 is 5.44. The van der Waals surface area contributed by atoms with Crippen LogP contribution in [-0.4, -0.2) is 62.8 Å². The summed E-state index contributed by atoms with van der Waals surface area (Å²) in [6.45, 7) is 10.0. The van der Waals surface area contributed by atoms with Gasteiger partial charge in [0, 0.05) is 55.7 Å². The lowest BCUT2D eigenvalue weighted by molar-refractivity contribution is 0.0674. The normalized spacial score (nSPS) is 20.4. The fourth-order valence-corrected chi connectivity index (χ4v) is 4.22. The molecular weight excluding hydrogens is 350 g/mol. The third-order valence-corrected chi connectivity index (χ3v) is 5.81. The van der Waals surface area contributed by atoms with Gasteiger partial charge in [0.15, 0.2) is 0 Å². The van der Waals surface area contributed by atoms with E-state index in [2.05, 4.69) is 54.0 Å². The number of carbonyl (C=O) groups excluding carboxylic acids is 1. The Hall–Kier alpha value is -2.53. The van der Waals surface area contributed by atoms with E-state index >= 15 is 0 Å². The number of rotatable bonds is 3. The van der Waals surface area contributed by atoms with Crippen LogP contribution >= 0.6 is 0 Å². The van der Waals surface area contributed by atoms with Crippen LogP contribution in [0.1, 0.15) is 22.8 Å². The van der Waals surface area contributed by atoms with E-state index in [-0.39, 0.29) is 11.9 Å². The number of benzene rings is 2. The number of piperazine rings is 1. The van der Waals surface area contributed by atoms with E-state index in [0.717, 1.165) is 57.2 Å². The molecule has 2 fully saturated rings. The molecule has 2 saturated heterocycles. The van der Waals surface area contributed by atoms with Crippen LogP contribution in [0.15, 0.2) is 48.5 Å². The van der Waals surface area contributed by atoms with Crippen molar-refractivity contribution >= 4 is 17.3 Å². The number of morpholine rings is 1. The van der Waals surface area contributed by atoms with E-state index in [0.29, 0.717) is 0 Å². The molecule has 4 rings (SSSR count). The maximum Gasteiger partial charge on any atom is 0.254 e. The van der Waals surface area contributed by atoms with Crippen molar-refractivity contribution in [2.75, 3.05) is 55.7 Å². The zero-order valence-corrected chi connectivity index (χ0v) is 16.8. The molecule has 0 aromatic heterocycles. The van der Waals surface area contributed by atoms with E-state index in [1.165, 1.54) is 11.3 Å². The zero-order valence-electron chi connectivity index (χ0n) is 16.8. The van der Waals surface area contributed by atoms with Crippen molar-refractivity contribution < 1.29 is 9.53 Å². The summed E-state index contributed by atoms with van der Waals surface area (Å²) in [5, 5.41) is 0. The number of aryl methyl sites for hydroxylation is 1. The Morgan fingerprint density at radius 2 is 1.75 bits per heavy atom. The lowest BCUT2D eigenvalue weighted by Crippen LogP contribution is -2.54. The van der Waals surface area contributed by atoms with Gasteiger partial charge in [-0.05, 0) is 43.7 Å². The van der Waals surface area contributed by atoms with Crippen LogP contribution in [0.4, 0.5) is 11.4 Å². The van der Waals surface area contributed by atoms with Crippen molar-refractivity contribution in [3.8, 4) is 0 Å². The molecule has 28 heavy (non-hydrogen) atoms. The van der Waals surface area contributed by atoms with E-state index in [1.807, 2.05) is 23.1 Å². The number of carbonyl (C=O) groups is 1. The molecule has 0 N–H and O–H groups in total. The van der Waals surface area contributed by atoms with Crippen LogP contribution in [0, 0.1) is 6.92 Å². The molecule has 0 radical (unpaired) electrons. The van der Waals surface area contributed by atoms with Gasteiger partial charge in [0.25, 0.3) is 5.91 Å². The first-order valence-corrected chi connectivity index (χ1v) is 10.2. The van der Waals surface area contributed by atoms with Crippen LogP contribution < -0.4 is 9.80 Å². The molecule has 2 aromatic rings. The molecule has 0 unspecified atom stereocenters. The fraction of sp³-hybridized carbons (Fsp3) is 0.435. The molecule has 0 saturated carbocycles. The zero-order chi connectivity index (χ0) is 19.5. The van der Waals surface area contributed by atoms with Gasteiger partial charge in [0.05, 0.1) is 13.2 Å². The number of amides is 1. The van der Waals surface area contributed by atoms with Gasteiger partial charge in [-0.1, -0.05) is 24.3 Å². The molecule has 0 bridgehead atoms. The summed E-state index contributed by atoms with van der Waals surface area (Å²) in [4.78, 5) is 19.9. The predicted octanol–water partition coefficient (Wildman–Crippen LogP) is 3.18. The summed E-state index contributed by atoms with van der Waals surface area (Å²) >= 11 is 0. The molecule has 2 aliphatic heterocycles. The second-order valence-corrected chi connectivity index (χ2v) is 7.73. The standard InChI is InChI=1S/C23H29N3O2/c1-18-6-3-4-9-22(18)25-10-11-26(19(2)17-25)23(27)20-7-5-8-21(16-20)24-12-14-28-15-13-24/h3-9,16,19H,10-15,17H2,1-2H3/t19-/m0/s1. The summed E-state index contributed by atoms with van der Waals surface area (Å²) in [6.07, 6.45) is 0. The Morgan fingerprint density at radius 1 is 0.964 bits per heavy atom. The SMILES string of the molecule is Cc1ccccc1N1CCN(C(=O)c2cccc(N3CCOCC3)c2)[C@@H](C)C1. The maximum atomic E-state index is 13.2. The molecule has 0 spiro atoms. The quantitative estimate of drug-likeness (QED) is 0.821. The van der Waals surface area contributed by atoms with Crippen LogP contribution in [0.5, 0.6) is 0 Å². The van der Waals surface area contributed by atoms with Crippen molar-refractivity contribution in [2.24, 2.45) is 0 Å². The van der Waals surface area contributed by atoms with Crippen LogP contribution in [0.2, 0.25) is 0 Å². The number of nitrogens with zero attached hydrogens (tertiary/aromatic N) is 3. The number of hydrogen-bond acceptors (Lipinski definition) is 4. The maximum absolute atomic E-state index is 13.2. The Balaban J connectivity index is 1.46. The smallest absolute Gasteiger partial charge is 0.254 e. The van der Waals surface area contributed by atoms with E-state index < -0.39 is 0 Å². The minimum atomic E-state index is 0.132. The Kier molecular flexibility index (Phi) is 5.53. The van der Waals surface area contributed by atoms with Gasteiger partial charge in [-0.2, -0.15) is 0 Å². The molecule has 148 valence electrons. The van der Waals surface area contributed by atoms with Crippen molar-refractivity contribution in [1.82, 2.24) is 4.90 Å². The van der Waals surface area contributed by atoms with Crippen LogP contribution in [0.25, 0.3) is 0 Å². The van der Waals surface area contributed by atoms with Crippen molar-refractivity contribution in [3.63, 3.8) is 0 Å². The largest absolute Gasteiger partial charge is 0.378 e. The topological polar surface area (TPSA) is 36.0 Å². The third kappa shape index (κ3) is 3.85. The van der Waals surface area contributed by atoms with Crippen molar-refractivity contribution in [3.05, 3.63) is 59.7 Å². The lowest BCUT2D eigenvalue weighted by atomic mass is 10.1. The minimum Gasteiger partial charge on any atom is -0.378 e. The van der Waals surface area contributed by atoms with Gasteiger partial charge in [0.1, 0.15) is 0 Å². The second kappa shape index (κ2) is 8.23. The molecule has 1 amide bonds. The molecule has 0 aliphatic carbocycles. The monoisotopic (exact) mass is 379 g/mol. The molecule has 5 heteroatoms. The average molecular weight is 380 g/mol. The minimum absolute atomic E-state index is 0.132. The lowest BCUT2D eigenvalue weighted by Gasteiger charge is -2.41. The molecule has 2 heterocycles. The van der Waals surface area contributed by atoms with Gasteiger partial charge < -0.3 is 19.4 Å². The molecular formula is C23H29N3O2. The highest BCUT2D eigenvalue weighted by Gasteiger charge is 2.29. The highest BCUT2D eigenvalue weighted by molar-refractivity contribution is 5.95. The number of anilines is 2. The average Bonchev–Trinajstić information content (AvgIpc) is 2.74. The van der Waals surface area contributed by atoms with E-state index in [1.54, 1.807) is 0 Å². The highest BCUT2D eigenvalue weighted by atomic mass is 16.5. The second-order valence-electron chi connectivity index (χ2n) is 7.73. The molecule has 2 aliphatic rings. The number of para-hydroxylation sites is 1. The number of hydrogen-bond donors (Lipinski definition) is 0. The summed E-state index contributed by atoms with van der Waals surface area (Å²) in [5.74, 6) is 0.132. The Labute approximate surface area is 167 Å². The first-order chi connectivity index (χ1) is 13.6. The Bertz CT molecular complexity index is 832. The van der Waals surface area contributed by atoms with Crippen LogP contribution in [-0.2, 0) is 4.74 Å². The van der Waals surface area contributed by atoms with Crippen molar-refractivity contribution in [1.29, 1.82) is 0 Å². The van der Waals surface area contributed by atoms with Gasteiger partial charge in [-0.3, -0.25) is 4.79 Å². The summed E-state index contributed by atoms with van der Waals surface area (Å²) in [6, 6.07) is 16.7. The fourth-order valence-electron chi connectivity index (χ4n) is 4.22. The number of ether oxygens (including phenoxy) is 1. The van der Waals surface area contributed by atoms with Gasteiger partial charge in [-0.25, -0.2) is 0 Å². The predicted molar refractivity (Wildman–Crippen MR) is 113 cm³/mol. The van der Waals surface area contributed by atoms with E-state index in [4.69, 9.17) is 4.74 Å². The van der Waals surface area contributed by atoms with E-state index in [9.17, 15) is 4.79 Å². The first kappa shape index (κ1) is 18.8. The summed E-state index contributed by atoms with van der Waals surface area (Å²) in [7, 11) is 0. The van der Waals surface area contributed by atoms with Crippen molar-refractivity contribution in [2.45, 2.75) is 19.9 Å². The molecule has 1 atom stereocenters. The highest BCUT2D eigenvalue weighted by Crippen LogP contribution is 2.25. The van der Waals surface area contributed by atoms with Gasteiger partial charge >= 0.3 is 0 Å². The first-order valence-electron chi connectivity index (χ1n) is 10.2. The van der Waals surface area contributed by atoms with Gasteiger partial charge in [-0.15, -0.1) is 0 Å². The van der Waals surface area contributed by atoms with Gasteiger partial charge in [0.2, 0.25) is 0 Å². The molecule has 2 aromatic carbocycles. The summed E-state index contributed by atoms with van der Waals surface area (Å²) in [5.41, 5.74) is 4.45.